The highest BCUT2D eigenvalue weighted by molar-refractivity contribution is 6.51. The standard InChI is InChI=1S/C23H17N3O6/c1-13-4-9-18(27)17(11-13)25-20(15-3-2-10-24-12-15)19(22(29)23(25)30)21(28)14-5-7-16(8-6-14)26(31)32/h2-12,20,27-28H,1H3/b21-19-. The number of hydrogen-bond acceptors (Lipinski definition) is 7. The molecule has 1 amide bonds. The van der Waals surface area contributed by atoms with Crippen LogP contribution in [0.2, 0.25) is 0 Å². The molecular weight excluding hydrogens is 414 g/mol. The quantitative estimate of drug-likeness (QED) is 0.212. The van der Waals surface area contributed by atoms with Crippen LogP contribution in [0, 0.1) is 17.0 Å². The van der Waals surface area contributed by atoms with E-state index in [1.165, 1.54) is 42.7 Å². The van der Waals surface area contributed by atoms with Crippen LogP contribution < -0.4 is 4.90 Å². The Labute approximate surface area is 182 Å². The van der Waals surface area contributed by atoms with Crippen LogP contribution in [-0.4, -0.2) is 31.8 Å². The zero-order chi connectivity index (χ0) is 23.0. The lowest BCUT2D eigenvalue weighted by atomic mass is 9.96. The predicted octanol–water partition coefficient (Wildman–Crippen LogP) is 3.63. The Morgan fingerprint density at radius 2 is 1.84 bits per heavy atom. The van der Waals surface area contributed by atoms with E-state index < -0.39 is 28.4 Å². The largest absolute Gasteiger partial charge is 0.507 e. The molecule has 2 N–H and O–H groups in total. The van der Waals surface area contributed by atoms with Crippen LogP contribution in [0.25, 0.3) is 5.76 Å². The summed E-state index contributed by atoms with van der Waals surface area (Å²) in [5.74, 6) is -2.57. The van der Waals surface area contributed by atoms with Gasteiger partial charge in [-0.25, -0.2) is 0 Å². The Morgan fingerprint density at radius 1 is 1.12 bits per heavy atom. The highest BCUT2D eigenvalue weighted by Crippen LogP contribution is 2.44. The zero-order valence-corrected chi connectivity index (χ0v) is 16.8. The van der Waals surface area contributed by atoms with Gasteiger partial charge in [0.1, 0.15) is 11.5 Å². The first-order valence-corrected chi connectivity index (χ1v) is 9.55. The molecule has 1 fully saturated rings. The number of nitrogens with zero attached hydrogens (tertiary/aromatic N) is 3. The summed E-state index contributed by atoms with van der Waals surface area (Å²) in [5, 5.41) is 32.3. The number of aliphatic hydroxyl groups excluding tert-OH is 1. The first kappa shape index (κ1) is 20.7. The molecule has 0 spiro atoms. The molecule has 4 rings (SSSR count). The highest BCUT2D eigenvalue weighted by Gasteiger charge is 2.47. The number of carbonyl (C=O) groups excluding carboxylic acids is 2. The summed E-state index contributed by atoms with van der Waals surface area (Å²) in [5.41, 5.74) is 1.05. The number of pyridine rings is 1. The number of amides is 1. The number of nitro groups is 1. The molecule has 1 atom stereocenters. The maximum atomic E-state index is 13.1. The Bertz CT molecular complexity index is 1270. The molecule has 0 aliphatic carbocycles. The fraction of sp³-hybridized carbons (Fsp3) is 0.0870. The van der Waals surface area contributed by atoms with Gasteiger partial charge >= 0.3 is 0 Å². The molecule has 0 bridgehead atoms. The summed E-state index contributed by atoms with van der Waals surface area (Å²) in [6.45, 7) is 1.77. The predicted molar refractivity (Wildman–Crippen MR) is 115 cm³/mol. The van der Waals surface area contributed by atoms with E-state index >= 15 is 0 Å². The van der Waals surface area contributed by atoms with Crippen molar-refractivity contribution < 1.29 is 24.7 Å². The SMILES string of the molecule is Cc1ccc(O)c(N2C(=O)C(=O)/C(=C(\O)c3ccc([N+](=O)[O-])cc3)C2c2cccnc2)c1. The van der Waals surface area contributed by atoms with Crippen LogP contribution >= 0.6 is 0 Å². The van der Waals surface area contributed by atoms with Crippen molar-refractivity contribution in [2.45, 2.75) is 13.0 Å². The summed E-state index contributed by atoms with van der Waals surface area (Å²) in [6.07, 6.45) is 2.98. The lowest BCUT2D eigenvalue weighted by Crippen LogP contribution is -2.29. The molecule has 2 heterocycles. The fourth-order valence-electron chi connectivity index (χ4n) is 3.66. The van der Waals surface area contributed by atoms with Gasteiger partial charge in [0, 0.05) is 30.1 Å². The molecule has 160 valence electrons. The average Bonchev–Trinajstić information content (AvgIpc) is 3.06. The van der Waals surface area contributed by atoms with E-state index in [1.807, 2.05) is 0 Å². The van der Waals surface area contributed by atoms with Crippen molar-refractivity contribution in [1.29, 1.82) is 0 Å². The monoisotopic (exact) mass is 431 g/mol. The van der Waals surface area contributed by atoms with E-state index in [0.29, 0.717) is 5.56 Å². The van der Waals surface area contributed by atoms with Gasteiger partial charge in [-0.05, 0) is 48.4 Å². The van der Waals surface area contributed by atoms with E-state index in [2.05, 4.69) is 4.98 Å². The number of aliphatic hydroxyl groups is 1. The van der Waals surface area contributed by atoms with Crippen molar-refractivity contribution >= 4 is 28.8 Å². The minimum atomic E-state index is -1.06. The molecule has 0 saturated carbocycles. The van der Waals surface area contributed by atoms with Gasteiger partial charge in [-0.15, -0.1) is 0 Å². The molecule has 2 aromatic carbocycles. The van der Waals surface area contributed by atoms with Crippen molar-refractivity contribution in [1.82, 2.24) is 4.98 Å². The zero-order valence-electron chi connectivity index (χ0n) is 16.8. The molecule has 9 nitrogen and oxygen atoms in total. The number of aromatic nitrogens is 1. The number of hydrogen-bond donors (Lipinski definition) is 2. The number of phenolic OH excluding ortho intramolecular Hbond substituents is 1. The lowest BCUT2D eigenvalue weighted by molar-refractivity contribution is -0.384. The summed E-state index contributed by atoms with van der Waals surface area (Å²) in [6, 6.07) is 11.8. The average molecular weight is 431 g/mol. The van der Waals surface area contributed by atoms with E-state index in [9.17, 15) is 29.9 Å². The van der Waals surface area contributed by atoms with Gasteiger partial charge in [0.05, 0.1) is 22.2 Å². The van der Waals surface area contributed by atoms with Gasteiger partial charge in [-0.2, -0.15) is 0 Å². The summed E-state index contributed by atoms with van der Waals surface area (Å²) >= 11 is 0. The van der Waals surface area contributed by atoms with Crippen LogP contribution in [0.5, 0.6) is 5.75 Å². The van der Waals surface area contributed by atoms with E-state index in [-0.39, 0.29) is 28.3 Å². The Balaban J connectivity index is 1.94. The smallest absolute Gasteiger partial charge is 0.300 e. The topological polar surface area (TPSA) is 134 Å². The molecule has 9 heteroatoms. The van der Waals surface area contributed by atoms with Gasteiger partial charge in [-0.1, -0.05) is 12.1 Å². The van der Waals surface area contributed by atoms with Crippen molar-refractivity contribution in [2.75, 3.05) is 4.90 Å². The maximum Gasteiger partial charge on any atom is 0.300 e. The van der Waals surface area contributed by atoms with Crippen LogP contribution in [-0.2, 0) is 9.59 Å². The van der Waals surface area contributed by atoms with Crippen LogP contribution in [0.4, 0.5) is 11.4 Å². The fourth-order valence-corrected chi connectivity index (χ4v) is 3.66. The van der Waals surface area contributed by atoms with Crippen molar-refractivity contribution in [2.24, 2.45) is 0 Å². The van der Waals surface area contributed by atoms with Gasteiger partial charge in [0.15, 0.2) is 0 Å². The van der Waals surface area contributed by atoms with Gasteiger partial charge < -0.3 is 10.2 Å². The first-order valence-electron chi connectivity index (χ1n) is 9.55. The van der Waals surface area contributed by atoms with E-state index in [1.54, 1.807) is 31.2 Å². The molecular formula is C23H17N3O6. The minimum Gasteiger partial charge on any atom is -0.507 e. The summed E-state index contributed by atoms with van der Waals surface area (Å²) in [4.78, 5) is 41.6. The number of anilines is 1. The number of rotatable bonds is 4. The summed E-state index contributed by atoms with van der Waals surface area (Å²) in [7, 11) is 0. The number of phenols is 1. The number of nitro benzene ring substituents is 1. The van der Waals surface area contributed by atoms with Gasteiger partial charge in [-0.3, -0.25) is 29.6 Å². The number of non-ortho nitro benzene ring substituents is 1. The Morgan fingerprint density at radius 3 is 2.47 bits per heavy atom. The Hall–Kier alpha value is -4.53. The third-order valence-electron chi connectivity index (χ3n) is 5.19. The third kappa shape index (κ3) is 3.45. The lowest BCUT2D eigenvalue weighted by Gasteiger charge is -2.26. The molecule has 1 aliphatic rings. The minimum absolute atomic E-state index is 0.115. The van der Waals surface area contributed by atoms with E-state index in [0.717, 1.165) is 10.5 Å². The number of benzene rings is 2. The third-order valence-corrected chi connectivity index (χ3v) is 5.19. The molecule has 3 aromatic rings. The number of Topliss-reactive ketones (excluding diaryl/α,β-unsaturated/α-hetero) is 1. The van der Waals surface area contributed by atoms with E-state index in [4.69, 9.17) is 0 Å². The van der Waals surface area contributed by atoms with Crippen LogP contribution in [0.1, 0.15) is 22.7 Å². The number of aryl methyl sites for hydroxylation is 1. The highest BCUT2D eigenvalue weighted by atomic mass is 16.6. The van der Waals surface area contributed by atoms with Gasteiger partial charge in [0.25, 0.3) is 17.4 Å². The normalized spacial score (nSPS) is 17.5. The second-order valence-corrected chi connectivity index (χ2v) is 7.25. The van der Waals surface area contributed by atoms with Gasteiger partial charge in [0.2, 0.25) is 0 Å². The van der Waals surface area contributed by atoms with Crippen molar-refractivity contribution in [3.63, 3.8) is 0 Å². The van der Waals surface area contributed by atoms with Crippen molar-refractivity contribution in [3.05, 3.63) is 99.4 Å². The molecule has 1 aliphatic heterocycles. The number of aromatic hydroxyl groups is 1. The molecule has 0 radical (unpaired) electrons. The second kappa shape index (κ2) is 7.95. The van der Waals surface area contributed by atoms with Crippen molar-refractivity contribution in [3.8, 4) is 5.75 Å². The summed E-state index contributed by atoms with van der Waals surface area (Å²) < 4.78 is 0. The second-order valence-electron chi connectivity index (χ2n) is 7.25. The molecule has 1 saturated heterocycles. The number of carbonyl (C=O) groups is 2. The van der Waals surface area contributed by atoms with Crippen LogP contribution in [0.3, 0.4) is 0 Å². The molecule has 1 unspecified atom stereocenters. The Kier molecular flexibility index (Phi) is 5.15. The molecule has 1 aromatic heterocycles. The molecule has 32 heavy (non-hydrogen) atoms. The first-order chi connectivity index (χ1) is 15.3. The van der Waals surface area contributed by atoms with Crippen LogP contribution in [0.15, 0.2) is 72.6 Å². The maximum absolute atomic E-state index is 13.1. The number of ketones is 1.